The highest BCUT2D eigenvalue weighted by molar-refractivity contribution is 7.98. The maximum atomic E-state index is 13.2. The van der Waals surface area contributed by atoms with Gasteiger partial charge in [0.2, 0.25) is 11.7 Å². The summed E-state index contributed by atoms with van der Waals surface area (Å²) >= 11 is 0. The summed E-state index contributed by atoms with van der Waals surface area (Å²) < 4.78 is 57.8. The van der Waals surface area contributed by atoms with Gasteiger partial charge in [-0.3, -0.25) is 4.79 Å². The number of carbonyl (C=O) groups is 1. The first-order chi connectivity index (χ1) is 13.2. The molecule has 1 heterocycles. The molecule has 0 saturated heterocycles. The van der Waals surface area contributed by atoms with E-state index < -0.39 is 27.9 Å². The van der Waals surface area contributed by atoms with Crippen LogP contribution in [-0.4, -0.2) is 15.6 Å². The van der Waals surface area contributed by atoms with E-state index in [1.807, 2.05) is 0 Å². The van der Waals surface area contributed by atoms with Crippen LogP contribution in [0.2, 0.25) is 0 Å². The molecule has 0 radical (unpaired) electrons. The highest BCUT2D eigenvalue weighted by Gasteiger charge is 2.22. The van der Waals surface area contributed by atoms with Crippen molar-refractivity contribution in [3.63, 3.8) is 0 Å². The fraction of sp³-hybridized carbons (Fsp3) is 0.111. The molecule has 10 heteroatoms. The molecule has 1 atom stereocenters. The lowest BCUT2D eigenvalue weighted by Gasteiger charge is -2.14. The molecule has 0 aliphatic heterocycles. The van der Waals surface area contributed by atoms with E-state index in [-0.39, 0.29) is 17.1 Å². The SMILES string of the molecule is Cc1cc(N[S+](=O)([O-])c2ccc(NC(=O)Cc3ccc(F)c(F)c3)cc2)no1. The van der Waals surface area contributed by atoms with Crippen molar-refractivity contribution in [2.75, 3.05) is 10.0 Å². The van der Waals surface area contributed by atoms with Gasteiger partial charge < -0.3 is 14.4 Å². The minimum absolute atomic E-state index is 0.0354. The summed E-state index contributed by atoms with van der Waals surface area (Å²) in [6.07, 6.45) is -0.162. The second-order valence-corrected chi connectivity index (χ2v) is 7.61. The normalized spacial score (nSPS) is 13.0. The second kappa shape index (κ2) is 7.87. The van der Waals surface area contributed by atoms with Crippen molar-refractivity contribution in [1.29, 1.82) is 0 Å². The van der Waals surface area contributed by atoms with Gasteiger partial charge in [-0.2, -0.15) is 4.72 Å². The fourth-order valence-electron chi connectivity index (χ4n) is 2.37. The first-order valence-corrected chi connectivity index (χ1v) is 9.51. The number of anilines is 2. The summed E-state index contributed by atoms with van der Waals surface area (Å²) in [6.45, 7) is 1.63. The monoisotopic (exact) mass is 407 g/mol. The van der Waals surface area contributed by atoms with Crippen molar-refractivity contribution in [2.45, 2.75) is 18.2 Å². The molecule has 2 aromatic carbocycles. The van der Waals surface area contributed by atoms with Crippen LogP contribution in [0.4, 0.5) is 20.3 Å². The summed E-state index contributed by atoms with van der Waals surface area (Å²) in [4.78, 5) is 12.0. The average molecular weight is 407 g/mol. The van der Waals surface area contributed by atoms with Gasteiger partial charge in [-0.15, -0.1) is 0 Å². The fourth-order valence-corrected chi connectivity index (χ4v) is 3.35. The number of nitrogens with zero attached hydrogens (tertiary/aromatic N) is 1. The van der Waals surface area contributed by atoms with Crippen molar-refractivity contribution in [1.82, 2.24) is 5.16 Å². The first kappa shape index (κ1) is 19.6. The third-order valence-corrected chi connectivity index (χ3v) is 5.03. The zero-order valence-corrected chi connectivity index (χ0v) is 15.4. The Morgan fingerprint density at radius 1 is 1.14 bits per heavy atom. The largest absolute Gasteiger partial charge is 0.588 e. The minimum atomic E-state index is -3.87. The molecule has 1 amide bonds. The van der Waals surface area contributed by atoms with Gasteiger partial charge >= 0.3 is 0 Å². The number of aromatic nitrogens is 1. The lowest BCUT2D eigenvalue weighted by Crippen LogP contribution is -2.21. The highest BCUT2D eigenvalue weighted by atomic mass is 32.3. The number of nitrogens with one attached hydrogen (secondary N) is 2. The number of hydrogen-bond acceptors (Lipinski definition) is 5. The van der Waals surface area contributed by atoms with Crippen LogP contribution in [0.3, 0.4) is 0 Å². The van der Waals surface area contributed by atoms with Crippen molar-refractivity contribution in [2.24, 2.45) is 0 Å². The predicted octanol–water partition coefficient (Wildman–Crippen LogP) is 3.46. The summed E-state index contributed by atoms with van der Waals surface area (Å²) in [6, 6.07) is 10.1. The molecule has 0 saturated carbocycles. The Morgan fingerprint density at radius 2 is 1.86 bits per heavy atom. The summed E-state index contributed by atoms with van der Waals surface area (Å²) in [5.41, 5.74) is 0.659. The molecule has 1 unspecified atom stereocenters. The van der Waals surface area contributed by atoms with Gasteiger partial charge in [0.05, 0.1) is 6.42 Å². The van der Waals surface area contributed by atoms with Crippen LogP contribution < -0.4 is 10.0 Å². The summed E-state index contributed by atoms with van der Waals surface area (Å²) in [7, 11) is -3.87. The topological polar surface area (TPSA) is 107 Å². The quantitative estimate of drug-likeness (QED) is 0.609. The molecule has 146 valence electrons. The molecule has 1 aromatic heterocycles. The first-order valence-electron chi connectivity index (χ1n) is 8.03. The molecule has 3 rings (SSSR count). The van der Waals surface area contributed by atoms with Crippen molar-refractivity contribution in [3.05, 3.63) is 71.5 Å². The van der Waals surface area contributed by atoms with Crippen LogP contribution in [0.1, 0.15) is 11.3 Å². The molecule has 2 N–H and O–H groups in total. The number of amides is 1. The highest BCUT2D eigenvalue weighted by Crippen LogP contribution is 2.22. The van der Waals surface area contributed by atoms with E-state index in [4.69, 9.17) is 4.52 Å². The number of sulfonamides is 1. The van der Waals surface area contributed by atoms with E-state index in [2.05, 4.69) is 15.2 Å². The van der Waals surface area contributed by atoms with Gasteiger partial charge in [0.15, 0.2) is 26.9 Å². The van der Waals surface area contributed by atoms with Crippen LogP contribution in [0, 0.1) is 18.6 Å². The molecule has 0 spiro atoms. The van der Waals surface area contributed by atoms with Crippen LogP contribution in [0.25, 0.3) is 0 Å². The van der Waals surface area contributed by atoms with Crippen molar-refractivity contribution >= 4 is 27.8 Å². The van der Waals surface area contributed by atoms with E-state index in [0.717, 1.165) is 12.1 Å². The molecule has 28 heavy (non-hydrogen) atoms. The van der Waals surface area contributed by atoms with Crippen molar-refractivity contribution < 1.29 is 26.9 Å². The standard InChI is InChI=1S/C18H15F2N3O4S/c1-11-8-17(22-27-11)23-28(25,26)14-5-3-13(4-6-14)21-18(24)10-12-2-7-15(19)16(20)9-12/h2-9H,10H2,1H3,(H2-,21,22,23,24,25,26). The van der Waals surface area contributed by atoms with Crippen LogP contribution in [0.5, 0.6) is 0 Å². The molecule has 0 aliphatic rings. The Kier molecular flexibility index (Phi) is 5.52. The number of carbonyl (C=O) groups excluding carboxylic acids is 1. The smallest absolute Gasteiger partial charge is 0.228 e. The minimum Gasteiger partial charge on any atom is -0.588 e. The number of halogens is 2. The van der Waals surface area contributed by atoms with Crippen LogP contribution in [-0.2, 0) is 25.8 Å². The Hall–Kier alpha value is -3.11. The Bertz CT molecular complexity index is 1050. The number of hydrogen-bond donors (Lipinski definition) is 2. The number of rotatable bonds is 6. The van der Waals surface area contributed by atoms with Gasteiger partial charge in [-0.25, -0.2) is 8.78 Å². The summed E-state index contributed by atoms with van der Waals surface area (Å²) in [5, 5.41) is 6.12. The molecule has 0 fully saturated rings. The van der Waals surface area contributed by atoms with E-state index in [0.29, 0.717) is 17.0 Å². The van der Waals surface area contributed by atoms with E-state index >= 15 is 0 Å². The van der Waals surface area contributed by atoms with Gasteiger partial charge in [0.25, 0.3) is 0 Å². The molecule has 3 aromatic rings. The lowest BCUT2D eigenvalue weighted by atomic mass is 10.1. The van der Waals surface area contributed by atoms with Crippen molar-refractivity contribution in [3.8, 4) is 0 Å². The molecule has 0 bridgehead atoms. The van der Waals surface area contributed by atoms with Gasteiger partial charge in [0.1, 0.15) is 5.76 Å². The van der Waals surface area contributed by atoms with E-state index in [1.54, 1.807) is 6.92 Å². The van der Waals surface area contributed by atoms with Crippen LogP contribution in [0.15, 0.2) is 57.9 Å². The Labute approximate surface area is 160 Å². The third kappa shape index (κ3) is 4.78. The van der Waals surface area contributed by atoms with Gasteiger partial charge in [0, 0.05) is 11.8 Å². The molecule has 7 nitrogen and oxygen atoms in total. The van der Waals surface area contributed by atoms with E-state index in [9.17, 15) is 22.3 Å². The molecular formula is C18H15F2N3O4S. The molecular weight excluding hydrogens is 392 g/mol. The predicted molar refractivity (Wildman–Crippen MR) is 97.1 cm³/mol. The molecule has 0 aliphatic carbocycles. The number of aryl methyl sites for hydroxylation is 1. The van der Waals surface area contributed by atoms with Gasteiger partial charge in [-0.05, 0) is 48.9 Å². The van der Waals surface area contributed by atoms with Crippen LogP contribution >= 0.6 is 0 Å². The zero-order chi connectivity index (χ0) is 20.3. The Morgan fingerprint density at radius 3 is 2.46 bits per heavy atom. The van der Waals surface area contributed by atoms with E-state index in [1.165, 1.54) is 36.4 Å². The van der Waals surface area contributed by atoms with Gasteiger partial charge in [-0.1, -0.05) is 15.4 Å². The zero-order valence-electron chi connectivity index (χ0n) is 14.6. The number of benzene rings is 2. The average Bonchev–Trinajstić information content (AvgIpc) is 3.02. The maximum Gasteiger partial charge on any atom is 0.228 e. The third-order valence-electron chi connectivity index (χ3n) is 3.66. The summed E-state index contributed by atoms with van der Waals surface area (Å²) in [5.74, 6) is -1.97. The second-order valence-electron chi connectivity index (χ2n) is 5.93. The maximum absolute atomic E-state index is 13.2. The lowest BCUT2D eigenvalue weighted by molar-refractivity contribution is -0.115. The Balaban J connectivity index is 1.64.